The molecule has 50 heavy (non-hydrogen) atoms. The zero-order valence-corrected chi connectivity index (χ0v) is 28.3. The number of nitrogens with zero attached hydrogens (tertiary/aromatic N) is 3. The van der Waals surface area contributed by atoms with E-state index < -0.39 is 17.8 Å². The number of fused-ring (bicyclic) bond motifs is 1. The predicted molar refractivity (Wildman–Crippen MR) is 192 cm³/mol. The number of nitrogens with one attached hydrogen (secondary N) is 1. The summed E-state index contributed by atoms with van der Waals surface area (Å²) in [6.07, 6.45) is 1.08. The third-order valence-corrected chi connectivity index (χ3v) is 10.1. The minimum atomic E-state index is -0.774. The summed E-state index contributed by atoms with van der Waals surface area (Å²) in [6.45, 7) is 3.47. The number of phenolic OH excluding ortho intramolecular Hbond substituents is 1. The molecular formula is C40H38ClFN4O4. The standard InChI is InChI=1S/C40H38ClFN4O4/c41-19-18-32(26-4-2-1-3-5-26)37(28-8-13-31(47)14-9-28)27-6-11-30(12-7-27)45-22-20-44(21-23-45)24-29-10-15-33-34(38(29)42)25-46(40(33)50)35-16-17-36(48)43-39(35)49/h1-15,35,47H,16-25H2,(H,43,48,49). The van der Waals surface area contributed by atoms with Gasteiger partial charge in [0.15, 0.2) is 0 Å². The third-order valence-electron chi connectivity index (χ3n) is 9.94. The van der Waals surface area contributed by atoms with Crippen molar-refractivity contribution in [1.29, 1.82) is 0 Å². The van der Waals surface area contributed by atoms with Gasteiger partial charge in [-0.05, 0) is 71.0 Å². The summed E-state index contributed by atoms with van der Waals surface area (Å²) in [5.74, 6) is -0.943. The molecule has 1 unspecified atom stereocenters. The number of benzene rings is 4. The fraction of sp³-hybridized carbons (Fsp3) is 0.275. The molecule has 4 aromatic rings. The largest absolute Gasteiger partial charge is 0.508 e. The zero-order valence-electron chi connectivity index (χ0n) is 27.6. The van der Waals surface area contributed by atoms with Gasteiger partial charge in [0, 0.05) is 67.4 Å². The highest BCUT2D eigenvalue weighted by Gasteiger charge is 2.40. The first-order valence-corrected chi connectivity index (χ1v) is 17.5. The number of alkyl halides is 1. The zero-order chi connectivity index (χ0) is 34.8. The van der Waals surface area contributed by atoms with Crippen LogP contribution in [0.1, 0.15) is 57.4 Å². The van der Waals surface area contributed by atoms with Crippen LogP contribution in [-0.2, 0) is 22.7 Å². The van der Waals surface area contributed by atoms with E-state index in [4.69, 9.17) is 11.6 Å². The first-order valence-electron chi connectivity index (χ1n) is 17.0. The molecule has 0 saturated carbocycles. The second-order valence-corrected chi connectivity index (χ2v) is 13.4. The number of aromatic hydroxyl groups is 1. The maximum Gasteiger partial charge on any atom is 0.255 e. The Balaban J connectivity index is 1.04. The van der Waals surface area contributed by atoms with Gasteiger partial charge in [0.25, 0.3) is 5.91 Å². The van der Waals surface area contributed by atoms with Crippen molar-refractivity contribution in [1.82, 2.24) is 15.1 Å². The molecule has 2 fully saturated rings. The summed E-state index contributed by atoms with van der Waals surface area (Å²) in [4.78, 5) is 43.0. The third kappa shape index (κ3) is 6.75. The first kappa shape index (κ1) is 33.5. The fourth-order valence-corrected chi connectivity index (χ4v) is 7.50. The number of carbonyl (C=O) groups is 3. The molecule has 0 spiro atoms. The predicted octanol–water partition coefficient (Wildman–Crippen LogP) is 6.20. The van der Waals surface area contributed by atoms with Gasteiger partial charge in [-0.1, -0.05) is 60.7 Å². The highest BCUT2D eigenvalue weighted by molar-refractivity contribution is 6.18. The topological polar surface area (TPSA) is 93.2 Å². The van der Waals surface area contributed by atoms with Crippen LogP contribution in [0.3, 0.4) is 0 Å². The molecule has 2 N–H and O–H groups in total. The van der Waals surface area contributed by atoms with Gasteiger partial charge in [-0.25, -0.2) is 4.39 Å². The van der Waals surface area contributed by atoms with Crippen molar-refractivity contribution in [3.05, 3.63) is 130 Å². The monoisotopic (exact) mass is 692 g/mol. The van der Waals surface area contributed by atoms with Gasteiger partial charge in [-0.15, -0.1) is 11.6 Å². The van der Waals surface area contributed by atoms with Crippen molar-refractivity contribution < 1.29 is 23.9 Å². The van der Waals surface area contributed by atoms with Crippen molar-refractivity contribution >= 4 is 46.2 Å². The number of phenols is 1. The molecular weight excluding hydrogens is 655 g/mol. The quantitative estimate of drug-likeness (QED) is 0.123. The minimum Gasteiger partial charge on any atom is -0.508 e. The molecule has 7 rings (SSSR count). The summed E-state index contributed by atoms with van der Waals surface area (Å²) in [6, 6.07) is 28.7. The number of amides is 3. The first-order chi connectivity index (χ1) is 24.3. The number of piperazine rings is 1. The van der Waals surface area contributed by atoms with E-state index in [1.54, 1.807) is 24.3 Å². The molecule has 1 atom stereocenters. The molecule has 2 saturated heterocycles. The summed E-state index contributed by atoms with van der Waals surface area (Å²) in [7, 11) is 0. The lowest BCUT2D eigenvalue weighted by molar-refractivity contribution is -0.136. The van der Waals surface area contributed by atoms with Crippen molar-refractivity contribution in [2.45, 2.75) is 38.4 Å². The Labute approximate surface area is 295 Å². The van der Waals surface area contributed by atoms with Crippen molar-refractivity contribution in [3.63, 3.8) is 0 Å². The van der Waals surface area contributed by atoms with Gasteiger partial charge in [-0.2, -0.15) is 0 Å². The Hall–Kier alpha value is -4.99. The van der Waals surface area contributed by atoms with Gasteiger partial charge in [-0.3, -0.25) is 24.6 Å². The van der Waals surface area contributed by atoms with E-state index in [9.17, 15) is 19.5 Å². The van der Waals surface area contributed by atoms with Gasteiger partial charge in [0.05, 0.1) is 6.54 Å². The molecule has 0 aliphatic carbocycles. The highest BCUT2D eigenvalue weighted by Crippen LogP contribution is 2.36. The average molecular weight is 693 g/mol. The number of rotatable bonds is 9. The molecule has 3 aliphatic rings. The van der Waals surface area contributed by atoms with Crippen LogP contribution in [0.25, 0.3) is 11.1 Å². The average Bonchev–Trinajstić information content (AvgIpc) is 3.47. The van der Waals surface area contributed by atoms with E-state index >= 15 is 4.39 Å². The van der Waals surface area contributed by atoms with Crippen LogP contribution in [-0.4, -0.2) is 70.7 Å². The molecule has 0 aromatic heterocycles. The highest BCUT2D eigenvalue weighted by atomic mass is 35.5. The molecule has 10 heteroatoms. The number of imide groups is 1. The second kappa shape index (κ2) is 14.5. The Morgan fingerprint density at radius 2 is 1.52 bits per heavy atom. The fourth-order valence-electron chi connectivity index (χ4n) is 7.31. The van der Waals surface area contributed by atoms with Crippen LogP contribution < -0.4 is 10.2 Å². The number of allylic oxidation sites excluding steroid dienone is 1. The van der Waals surface area contributed by atoms with Crippen LogP contribution in [0.5, 0.6) is 5.75 Å². The number of carbonyl (C=O) groups excluding carboxylic acids is 3. The summed E-state index contributed by atoms with van der Waals surface area (Å²) < 4.78 is 15.8. The van der Waals surface area contributed by atoms with Crippen LogP contribution in [0.15, 0.2) is 91.0 Å². The molecule has 0 bridgehead atoms. The van der Waals surface area contributed by atoms with E-state index in [1.807, 2.05) is 30.3 Å². The van der Waals surface area contributed by atoms with E-state index in [2.05, 4.69) is 51.5 Å². The van der Waals surface area contributed by atoms with E-state index in [0.29, 0.717) is 30.0 Å². The van der Waals surface area contributed by atoms with Crippen molar-refractivity contribution in [2.24, 2.45) is 0 Å². The number of hydrogen-bond acceptors (Lipinski definition) is 6. The number of piperidine rings is 1. The molecule has 8 nitrogen and oxygen atoms in total. The van der Waals surface area contributed by atoms with Crippen molar-refractivity contribution in [2.75, 3.05) is 37.0 Å². The van der Waals surface area contributed by atoms with Crippen LogP contribution in [0.4, 0.5) is 10.1 Å². The van der Waals surface area contributed by atoms with Gasteiger partial charge >= 0.3 is 0 Å². The van der Waals surface area contributed by atoms with E-state index in [0.717, 1.165) is 59.7 Å². The summed E-state index contributed by atoms with van der Waals surface area (Å²) >= 11 is 6.32. The van der Waals surface area contributed by atoms with Crippen LogP contribution in [0.2, 0.25) is 0 Å². The Kier molecular flexibility index (Phi) is 9.70. The number of anilines is 1. The molecule has 3 amide bonds. The smallest absolute Gasteiger partial charge is 0.255 e. The van der Waals surface area contributed by atoms with Gasteiger partial charge in [0.1, 0.15) is 17.6 Å². The van der Waals surface area contributed by atoms with Crippen LogP contribution in [0, 0.1) is 5.82 Å². The molecule has 4 aromatic carbocycles. The van der Waals surface area contributed by atoms with Crippen LogP contribution >= 0.6 is 11.6 Å². The number of hydrogen-bond donors (Lipinski definition) is 2. The SMILES string of the molecule is O=C1CCC(N2Cc3c(ccc(CN4CCN(c5ccc(C(=C(CCCl)c6ccccc6)c6ccc(O)cc6)cc5)CC4)c3F)C2=O)C(=O)N1. The Morgan fingerprint density at radius 1 is 0.840 bits per heavy atom. The lowest BCUT2D eigenvalue weighted by Crippen LogP contribution is -2.52. The van der Waals surface area contributed by atoms with E-state index in [1.165, 1.54) is 4.90 Å². The minimum absolute atomic E-state index is 0.0201. The van der Waals surface area contributed by atoms with Crippen molar-refractivity contribution in [3.8, 4) is 5.75 Å². The maximum atomic E-state index is 15.8. The lowest BCUT2D eigenvalue weighted by atomic mass is 9.88. The molecule has 256 valence electrons. The summed E-state index contributed by atoms with van der Waals surface area (Å²) in [5, 5.41) is 12.3. The van der Waals surface area contributed by atoms with Gasteiger partial charge < -0.3 is 14.9 Å². The number of halogens is 2. The second-order valence-electron chi connectivity index (χ2n) is 13.0. The summed E-state index contributed by atoms with van der Waals surface area (Å²) in [5.41, 5.74) is 7.61. The molecule has 3 aliphatic heterocycles. The Bertz CT molecular complexity index is 1940. The normalized spacial score (nSPS) is 18.6. The molecule has 0 radical (unpaired) electrons. The van der Waals surface area contributed by atoms with E-state index in [-0.39, 0.29) is 42.5 Å². The lowest BCUT2D eigenvalue weighted by Gasteiger charge is -2.36. The Morgan fingerprint density at radius 3 is 2.18 bits per heavy atom. The maximum absolute atomic E-state index is 15.8. The van der Waals surface area contributed by atoms with Gasteiger partial charge in [0.2, 0.25) is 11.8 Å². The molecule has 3 heterocycles.